The van der Waals surface area contributed by atoms with Crippen LogP contribution >= 0.6 is 0 Å². The highest BCUT2D eigenvalue weighted by atomic mass is 28.4. The third-order valence-corrected chi connectivity index (χ3v) is 20.4. The van der Waals surface area contributed by atoms with E-state index >= 15 is 0 Å². The van der Waals surface area contributed by atoms with E-state index in [1.165, 1.54) is 33.8 Å². The van der Waals surface area contributed by atoms with Crippen molar-refractivity contribution in [2.75, 3.05) is 0 Å². The number of allylic oxidation sites excluding steroid dienone is 2. The molecule has 0 bridgehead atoms. The van der Waals surface area contributed by atoms with Crippen LogP contribution in [0.2, 0.25) is 36.3 Å². The topological polar surface area (TPSA) is 18.5 Å². The molecule has 2 aromatic carbocycles. The molecule has 0 aliphatic heterocycles. The van der Waals surface area contributed by atoms with Gasteiger partial charge in [-0.25, -0.2) is 0 Å². The van der Waals surface area contributed by atoms with Crippen LogP contribution in [0.3, 0.4) is 0 Å². The van der Waals surface area contributed by atoms with Crippen molar-refractivity contribution in [3.8, 4) is 0 Å². The molecule has 0 saturated carbocycles. The Balaban J connectivity index is 1.62. The molecule has 0 N–H and O–H groups in total. The van der Waals surface area contributed by atoms with Crippen LogP contribution in [0.5, 0.6) is 0 Å². The highest BCUT2D eigenvalue weighted by Crippen LogP contribution is 2.52. The summed E-state index contributed by atoms with van der Waals surface area (Å²) < 4.78 is 14.3. The summed E-state index contributed by atoms with van der Waals surface area (Å²) in [5, 5.41) is 0.335. The molecular formula is C36H54O2Si2. The number of fused-ring (bicyclic) bond motifs is 2. The van der Waals surface area contributed by atoms with Gasteiger partial charge in [0.2, 0.25) is 0 Å². The minimum Gasteiger partial charge on any atom is -0.546 e. The lowest BCUT2D eigenvalue weighted by Crippen LogP contribution is -2.45. The van der Waals surface area contributed by atoms with Crippen molar-refractivity contribution in [1.82, 2.24) is 0 Å². The zero-order chi connectivity index (χ0) is 29.7. The zero-order valence-corrected chi connectivity index (χ0v) is 29.3. The standard InChI is InChI=1S/C36H54O2Si2/c1-25(2)35(5,6)39(9,10)37-33-23-27-17-13-15-19-29(27)31(33)21-22-32-30-20-16-14-18-28(30)24-34(32)38-40(11,12)36(7,8)26(3)4/h13-20,23-26,31-32H,21-22H2,1-12H3. The second-order valence-corrected chi connectivity index (χ2v) is 24.0. The van der Waals surface area contributed by atoms with E-state index in [1.807, 2.05) is 0 Å². The number of hydrogen-bond acceptors (Lipinski definition) is 2. The van der Waals surface area contributed by atoms with Crippen molar-refractivity contribution in [2.45, 2.75) is 116 Å². The number of benzene rings is 2. The van der Waals surface area contributed by atoms with Crippen LogP contribution in [0.25, 0.3) is 12.2 Å². The summed E-state index contributed by atoms with van der Waals surface area (Å²) in [5.41, 5.74) is 5.47. The molecule has 40 heavy (non-hydrogen) atoms. The van der Waals surface area contributed by atoms with Gasteiger partial charge in [0.05, 0.1) is 11.5 Å². The highest BCUT2D eigenvalue weighted by molar-refractivity contribution is 6.75. The van der Waals surface area contributed by atoms with Gasteiger partial charge in [-0.1, -0.05) is 104 Å². The molecular weight excluding hydrogens is 521 g/mol. The third kappa shape index (κ3) is 5.55. The largest absolute Gasteiger partial charge is 0.546 e. The Morgan fingerprint density at radius 3 is 1.25 bits per heavy atom. The maximum absolute atomic E-state index is 7.14. The quantitative estimate of drug-likeness (QED) is 0.248. The minimum absolute atomic E-state index is 0.167. The van der Waals surface area contributed by atoms with E-state index in [0.717, 1.165) is 12.8 Å². The Hall–Kier alpha value is -2.05. The Morgan fingerprint density at radius 2 is 0.925 bits per heavy atom. The van der Waals surface area contributed by atoms with Crippen LogP contribution in [0, 0.1) is 11.8 Å². The minimum atomic E-state index is -2.03. The second-order valence-electron chi connectivity index (χ2n) is 15.0. The van der Waals surface area contributed by atoms with E-state index in [-0.39, 0.29) is 21.9 Å². The van der Waals surface area contributed by atoms with Gasteiger partial charge < -0.3 is 8.85 Å². The van der Waals surface area contributed by atoms with Gasteiger partial charge in [0.25, 0.3) is 16.6 Å². The van der Waals surface area contributed by atoms with Crippen LogP contribution in [-0.4, -0.2) is 16.6 Å². The van der Waals surface area contributed by atoms with Crippen molar-refractivity contribution in [1.29, 1.82) is 0 Å². The van der Waals surface area contributed by atoms with Crippen LogP contribution in [0.1, 0.15) is 102 Å². The second kappa shape index (κ2) is 11.0. The van der Waals surface area contributed by atoms with Crippen LogP contribution in [-0.2, 0) is 8.85 Å². The summed E-state index contributed by atoms with van der Waals surface area (Å²) >= 11 is 0. The molecule has 2 aliphatic rings. The summed E-state index contributed by atoms with van der Waals surface area (Å²) in [4.78, 5) is 0. The van der Waals surface area contributed by atoms with E-state index in [2.05, 4.69) is 142 Å². The average Bonchev–Trinajstić information content (AvgIpc) is 3.38. The molecule has 0 fully saturated rings. The van der Waals surface area contributed by atoms with E-state index in [1.54, 1.807) is 0 Å². The van der Waals surface area contributed by atoms with Crippen molar-refractivity contribution in [3.63, 3.8) is 0 Å². The molecule has 2 nitrogen and oxygen atoms in total. The van der Waals surface area contributed by atoms with E-state index < -0.39 is 16.6 Å². The fourth-order valence-electron chi connectivity index (χ4n) is 6.11. The molecule has 0 radical (unpaired) electrons. The van der Waals surface area contributed by atoms with Crippen LogP contribution in [0.15, 0.2) is 60.0 Å². The number of hydrogen-bond donors (Lipinski definition) is 0. The van der Waals surface area contributed by atoms with E-state index in [9.17, 15) is 0 Å². The summed E-state index contributed by atoms with van der Waals surface area (Å²) in [5.74, 6) is 4.08. The lowest BCUT2D eigenvalue weighted by Gasteiger charge is -2.44. The Morgan fingerprint density at radius 1 is 0.600 bits per heavy atom. The summed E-state index contributed by atoms with van der Waals surface area (Å²) in [6.07, 6.45) is 6.76. The normalized spacial score (nSPS) is 19.4. The molecule has 2 atom stereocenters. The lowest BCUT2D eigenvalue weighted by atomic mass is 9.88. The molecule has 0 aromatic heterocycles. The maximum Gasteiger partial charge on any atom is 0.250 e. The van der Waals surface area contributed by atoms with E-state index in [0.29, 0.717) is 11.8 Å². The monoisotopic (exact) mass is 574 g/mol. The molecule has 0 spiro atoms. The summed E-state index contributed by atoms with van der Waals surface area (Å²) in [6, 6.07) is 17.8. The first kappa shape index (κ1) is 30.9. The zero-order valence-electron chi connectivity index (χ0n) is 27.3. The van der Waals surface area contributed by atoms with Crippen LogP contribution in [0.4, 0.5) is 0 Å². The maximum atomic E-state index is 7.14. The molecule has 0 amide bonds. The molecule has 0 heterocycles. The molecule has 0 saturated heterocycles. The van der Waals surface area contributed by atoms with E-state index in [4.69, 9.17) is 8.85 Å². The molecule has 218 valence electrons. The number of rotatable bonds is 11. The Labute approximate surface area is 247 Å². The van der Waals surface area contributed by atoms with Crippen molar-refractivity contribution >= 4 is 28.8 Å². The Bertz CT molecular complexity index is 1180. The highest BCUT2D eigenvalue weighted by Gasteiger charge is 2.48. The van der Waals surface area contributed by atoms with Gasteiger partial charge in [-0.15, -0.1) is 0 Å². The Kier molecular flexibility index (Phi) is 8.48. The molecule has 2 aliphatic carbocycles. The fraction of sp³-hybridized carbons (Fsp3) is 0.556. The predicted octanol–water partition coefficient (Wildman–Crippen LogP) is 11.4. The lowest BCUT2D eigenvalue weighted by molar-refractivity contribution is 0.304. The fourth-order valence-corrected chi connectivity index (χ4v) is 11.0. The van der Waals surface area contributed by atoms with Gasteiger partial charge >= 0.3 is 0 Å². The predicted molar refractivity (Wildman–Crippen MR) is 178 cm³/mol. The summed E-state index contributed by atoms with van der Waals surface area (Å²) in [6.45, 7) is 28.6. The molecule has 4 rings (SSSR count). The first-order valence-corrected chi connectivity index (χ1v) is 21.3. The molecule has 4 heteroatoms. The van der Waals surface area contributed by atoms with Crippen molar-refractivity contribution < 1.29 is 8.85 Å². The van der Waals surface area contributed by atoms with Crippen molar-refractivity contribution in [2.24, 2.45) is 11.8 Å². The van der Waals surface area contributed by atoms with Crippen molar-refractivity contribution in [3.05, 3.63) is 82.3 Å². The van der Waals surface area contributed by atoms with Gasteiger partial charge in [0.15, 0.2) is 0 Å². The smallest absolute Gasteiger partial charge is 0.250 e. The van der Waals surface area contributed by atoms with Gasteiger partial charge in [0.1, 0.15) is 0 Å². The third-order valence-electron chi connectivity index (χ3n) is 11.5. The first-order chi connectivity index (χ1) is 18.5. The molecule has 2 aromatic rings. The first-order valence-electron chi connectivity index (χ1n) is 15.5. The average molecular weight is 575 g/mol. The van der Waals surface area contributed by atoms with Gasteiger partial charge in [0, 0.05) is 11.8 Å². The van der Waals surface area contributed by atoms with Gasteiger partial charge in [-0.2, -0.15) is 0 Å². The summed E-state index contributed by atoms with van der Waals surface area (Å²) in [7, 11) is -4.07. The van der Waals surface area contributed by atoms with Crippen LogP contribution < -0.4 is 0 Å². The van der Waals surface area contributed by atoms with Gasteiger partial charge in [-0.05, 0) is 95.3 Å². The molecule has 2 unspecified atom stereocenters. The van der Waals surface area contributed by atoms with Gasteiger partial charge in [-0.3, -0.25) is 0 Å². The SMILES string of the molecule is CC(C)C(C)(C)[Si](C)(C)OC1=Cc2ccccc2C1CCC1C(O[Si](C)(C)C(C)(C)C(C)C)=Cc2ccccc21.